The number of fused-ring (bicyclic) bond motifs is 1. The van der Waals surface area contributed by atoms with Gasteiger partial charge in [0.05, 0.1) is 11.0 Å². The number of para-hydroxylation sites is 2. The van der Waals surface area contributed by atoms with E-state index in [1.807, 2.05) is 52.0 Å². The second-order valence-corrected chi connectivity index (χ2v) is 9.47. The van der Waals surface area contributed by atoms with Gasteiger partial charge in [0.25, 0.3) is 0 Å². The van der Waals surface area contributed by atoms with Crippen LogP contribution in [0.1, 0.15) is 39.2 Å². The number of pyridine rings is 1. The molecule has 2 aromatic heterocycles. The van der Waals surface area contributed by atoms with Crippen LogP contribution in [-0.2, 0) is 16.1 Å². The number of nitrogens with zero attached hydrogens (tertiary/aromatic N) is 3. The number of aromatic nitrogens is 3. The molecular weight excluding hydrogens is 438 g/mol. The highest BCUT2D eigenvalue weighted by molar-refractivity contribution is 9.10. The van der Waals surface area contributed by atoms with Crippen molar-refractivity contribution in [2.75, 3.05) is 0 Å². The predicted molar refractivity (Wildman–Crippen MR) is 116 cm³/mol. The normalized spacial score (nSPS) is 11.8. The number of hydrogen-bond donors (Lipinski definition) is 0. The number of carbonyl (C=O) groups excluding carboxylic acids is 1. The third kappa shape index (κ3) is 5.35. The Balaban J connectivity index is 1.80. The molecule has 0 radical (unpaired) electrons. The molecule has 7 heteroatoms. The number of esters is 1. The van der Waals surface area contributed by atoms with E-state index in [0.717, 1.165) is 31.3 Å². The second-order valence-electron chi connectivity index (χ2n) is 7.60. The fourth-order valence-electron chi connectivity index (χ4n) is 2.84. The van der Waals surface area contributed by atoms with E-state index in [9.17, 15) is 4.79 Å². The first-order valence-electron chi connectivity index (χ1n) is 9.20. The molecule has 0 fully saturated rings. The molecular formula is C21H24BrN3O2S. The van der Waals surface area contributed by atoms with Crippen LogP contribution < -0.4 is 0 Å². The summed E-state index contributed by atoms with van der Waals surface area (Å²) in [6.45, 7) is 8.39. The molecule has 0 unspecified atom stereocenters. The summed E-state index contributed by atoms with van der Waals surface area (Å²) in [7, 11) is 0. The molecule has 0 saturated carbocycles. The number of hydrogen-bond acceptors (Lipinski definition) is 5. The van der Waals surface area contributed by atoms with E-state index < -0.39 is 5.60 Å². The molecule has 5 nitrogen and oxygen atoms in total. The Morgan fingerprint density at radius 1 is 1.29 bits per heavy atom. The summed E-state index contributed by atoms with van der Waals surface area (Å²) in [6, 6.07) is 10.1. The number of benzene rings is 1. The quantitative estimate of drug-likeness (QED) is 0.435. The van der Waals surface area contributed by atoms with Crippen LogP contribution in [-0.4, -0.2) is 26.1 Å². The summed E-state index contributed by atoms with van der Waals surface area (Å²) in [5, 5.41) is 1.80. The van der Waals surface area contributed by atoms with Crippen LogP contribution in [0.5, 0.6) is 0 Å². The van der Waals surface area contributed by atoms with Crippen LogP contribution in [0.15, 0.2) is 51.2 Å². The number of aryl methyl sites for hydroxylation is 2. The molecule has 148 valence electrons. The van der Waals surface area contributed by atoms with E-state index in [-0.39, 0.29) is 5.97 Å². The van der Waals surface area contributed by atoms with Gasteiger partial charge in [-0.2, -0.15) is 0 Å². The van der Waals surface area contributed by atoms with Crippen molar-refractivity contribution in [2.24, 2.45) is 0 Å². The summed E-state index contributed by atoms with van der Waals surface area (Å²) in [5.41, 5.74) is 2.64. The third-order valence-electron chi connectivity index (χ3n) is 3.99. The smallest absolute Gasteiger partial charge is 0.306 e. The van der Waals surface area contributed by atoms with E-state index in [2.05, 4.69) is 31.5 Å². The van der Waals surface area contributed by atoms with Crippen molar-refractivity contribution in [1.82, 2.24) is 14.5 Å². The van der Waals surface area contributed by atoms with E-state index in [1.54, 1.807) is 18.0 Å². The molecule has 28 heavy (non-hydrogen) atoms. The monoisotopic (exact) mass is 461 g/mol. The molecule has 1 aromatic carbocycles. The van der Waals surface area contributed by atoms with Crippen molar-refractivity contribution < 1.29 is 9.53 Å². The lowest BCUT2D eigenvalue weighted by Gasteiger charge is -2.19. The Kier molecular flexibility index (Phi) is 6.45. The molecule has 2 heterocycles. The van der Waals surface area contributed by atoms with E-state index in [4.69, 9.17) is 9.72 Å². The average Bonchev–Trinajstić information content (AvgIpc) is 2.93. The molecule has 3 rings (SSSR count). The third-order valence-corrected chi connectivity index (χ3v) is 5.54. The standard InChI is InChI=1S/C21H24BrN3O2S/c1-14-12-15(22)13-23-19(14)28-20-24-16-8-5-6-9-17(16)25(20)11-7-10-18(26)27-21(2,3)4/h5-6,8-9,12-13H,7,10-11H2,1-4H3. The first kappa shape index (κ1) is 20.9. The lowest BCUT2D eigenvalue weighted by atomic mass is 10.2. The minimum Gasteiger partial charge on any atom is -0.460 e. The summed E-state index contributed by atoms with van der Waals surface area (Å²) >= 11 is 5.00. The van der Waals surface area contributed by atoms with Gasteiger partial charge in [-0.05, 0) is 85.6 Å². The molecule has 0 amide bonds. The van der Waals surface area contributed by atoms with Crippen LogP contribution in [0, 0.1) is 6.92 Å². The fourth-order valence-corrected chi connectivity index (χ4v) is 4.23. The zero-order valence-electron chi connectivity index (χ0n) is 16.5. The number of halogens is 1. The van der Waals surface area contributed by atoms with Gasteiger partial charge in [-0.25, -0.2) is 9.97 Å². The number of ether oxygens (including phenoxy) is 1. The molecule has 0 aliphatic carbocycles. The first-order valence-corrected chi connectivity index (χ1v) is 10.8. The van der Waals surface area contributed by atoms with Gasteiger partial charge < -0.3 is 9.30 Å². The molecule has 0 aliphatic heterocycles. The van der Waals surface area contributed by atoms with E-state index in [1.165, 1.54) is 0 Å². The predicted octanol–water partition coefficient (Wildman–Crippen LogP) is 5.78. The Morgan fingerprint density at radius 2 is 2.04 bits per heavy atom. The topological polar surface area (TPSA) is 57.0 Å². The minimum atomic E-state index is -0.454. The van der Waals surface area contributed by atoms with Crippen molar-refractivity contribution in [2.45, 2.75) is 62.9 Å². The maximum Gasteiger partial charge on any atom is 0.306 e. The molecule has 0 aliphatic rings. The van der Waals surface area contributed by atoms with Gasteiger partial charge in [-0.3, -0.25) is 4.79 Å². The Morgan fingerprint density at radius 3 is 2.75 bits per heavy atom. The van der Waals surface area contributed by atoms with Gasteiger partial charge in [-0.1, -0.05) is 12.1 Å². The fraction of sp³-hybridized carbons (Fsp3) is 0.381. The lowest BCUT2D eigenvalue weighted by molar-refractivity contribution is -0.154. The number of carbonyl (C=O) groups is 1. The Bertz CT molecular complexity index is 995. The lowest BCUT2D eigenvalue weighted by Crippen LogP contribution is -2.23. The summed E-state index contributed by atoms with van der Waals surface area (Å²) in [4.78, 5) is 21.3. The highest BCUT2D eigenvalue weighted by Crippen LogP contribution is 2.32. The molecule has 0 spiro atoms. The minimum absolute atomic E-state index is 0.170. The van der Waals surface area contributed by atoms with Crippen LogP contribution in [0.3, 0.4) is 0 Å². The average molecular weight is 462 g/mol. The molecule has 0 saturated heterocycles. The molecule has 0 atom stereocenters. The maximum absolute atomic E-state index is 12.0. The van der Waals surface area contributed by atoms with Crippen LogP contribution in [0.4, 0.5) is 0 Å². The van der Waals surface area contributed by atoms with Crippen LogP contribution in [0.25, 0.3) is 11.0 Å². The van der Waals surface area contributed by atoms with Crippen molar-refractivity contribution >= 4 is 44.7 Å². The summed E-state index contributed by atoms with van der Waals surface area (Å²) in [6.07, 6.45) is 2.86. The van der Waals surface area contributed by atoms with Gasteiger partial charge in [-0.15, -0.1) is 0 Å². The van der Waals surface area contributed by atoms with Crippen molar-refractivity contribution in [1.29, 1.82) is 0 Å². The van der Waals surface area contributed by atoms with Crippen molar-refractivity contribution in [3.63, 3.8) is 0 Å². The second kappa shape index (κ2) is 8.66. The number of rotatable bonds is 6. The molecule has 0 bridgehead atoms. The summed E-state index contributed by atoms with van der Waals surface area (Å²) in [5.74, 6) is -0.170. The number of imidazole rings is 1. The summed E-state index contributed by atoms with van der Waals surface area (Å²) < 4.78 is 8.53. The SMILES string of the molecule is Cc1cc(Br)cnc1Sc1nc2ccccc2n1CCCC(=O)OC(C)(C)C. The van der Waals surface area contributed by atoms with Gasteiger partial charge in [0.1, 0.15) is 10.6 Å². The zero-order valence-corrected chi connectivity index (χ0v) is 18.9. The Hall–Kier alpha value is -1.86. The molecule has 3 aromatic rings. The van der Waals surface area contributed by atoms with E-state index >= 15 is 0 Å². The van der Waals surface area contributed by atoms with Gasteiger partial charge >= 0.3 is 5.97 Å². The van der Waals surface area contributed by atoms with Gasteiger partial charge in [0, 0.05) is 23.6 Å². The zero-order chi connectivity index (χ0) is 20.3. The van der Waals surface area contributed by atoms with E-state index in [0.29, 0.717) is 19.4 Å². The molecule has 0 N–H and O–H groups in total. The van der Waals surface area contributed by atoms with Crippen molar-refractivity contribution in [3.05, 3.63) is 46.6 Å². The maximum atomic E-state index is 12.0. The van der Waals surface area contributed by atoms with Crippen LogP contribution in [0.2, 0.25) is 0 Å². The highest BCUT2D eigenvalue weighted by atomic mass is 79.9. The van der Waals surface area contributed by atoms with Gasteiger partial charge in [0.15, 0.2) is 5.16 Å². The first-order chi connectivity index (χ1) is 13.2. The Labute approximate surface area is 178 Å². The largest absolute Gasteiger partial charge is 0.460 e. The highest BCUT2D eigenvalue weighted by Gasteiger charge is 2.17. The van der Waals surface area contributed by atoms with Crippen molar-refractivity contribution in [3.8, 4) is 0 Å². The van der Waals surface area contributed by atoms with Gasteiger partial charge in [0.2, 0.25) is 0 Å². The van der Waals surface area contributed by atoms with Crippen LogP contribution >= 0.6 is 27.7 Å².